The number of nitrogens with zero attached hydrogens (tertiary/aromatic N) is 4. The molecule has 3 heterocycles. The van der Waals surface area contributed by atoms with E-state index in [1.165, 1.54) is 12.8 Å². The molecule has 0 aliphatic carbocycles. The van der Waals surface area contributed by atoms with Gasteiger partial charge in [0, 0.05) is 43.8 Å². The largest absolute Gasteiger partial charge is 0.358 e. The van der Waals surface area contributed by atoms with Gasteiger partial charge in [0.05, 0.1) is 0 Å². The van der Waals surface area contributed by atoms with E-state index in [1.54, 1.807) is 6.20 Å². The Hall–Kier alpha value is -2.28. The van der Waals surface area contributed by atoms with E-state index in [9.17, 15) is 0 Å². The van der Waals surface area contributed by atoms with Gasteiger partial charge in [0.25, 0.3) is 0 Å². The lowest BCUT2D eigenvalue weighted by molar-refractivity contribution is 0.444. The van der Waals surface area contributed by atoms with Crippen molar-refractivity contribution in [3.63, 3.8) is 0 Å². The van der Waals surface area contributed by atoms with Gasteiger partial charge in [-0.1, -0.05) is 13.0 Å². The summed E-state index contributed by atoms with van der Waals surface area (Å²) >= 11 is 5.36. The lowest BCUT2D eigenvalue weighted by Gasteiger charge is -2.32. The molecule has 1 saturated heterocycles. The first-order valence-electron chi connectivity index (χ1n) is 8.64. The number of pyridine rings is 1. The van der Waals surface area contributed by atoms with Crippen LogP contribution in [-0.2, 0) is 6.54 Å². The third kappa shape index (κ3) is 5.09. The lowest BCUT2D eigenvalue weighted by Crippen LogP contribution is -2.35. The monoisotopic (exact) mass is 356 g/mol. The normalized spacial score (nSPS) is 17.2. The van der Waals surface area contributed by atoms with Crippen LogP contribution >= 0.6 is 12.2 Å². The molecule has 0 radical (unpaired) electrons. The van der Waals surface area contributed by atoms with Crippen molar-refractivity contribution in [3.8, 4) is 0 Å². The molecule has 6 nitrogen and oxygen atoms in total. The highest BCUT2D eigenvalue weighted by atomic mass is 32.1. The summed E-state index contributed by atoms with van der Waals surface area (Å²) < 4.78 is 0. The van der Waals surface area contributed by atoms with Crippen LogP contribution in [0.3, 0.4) is 0 Å². The first-order chi connectivity index (χ1) is 12.1. The van der Waals surface area contributed by atoms with Gasteiger partial charge in [-0.3, -0.25) is 4.98 Å². The van der Waals surface area contributed by atoms with Crippen molar-refractivity contribution in [3.05, 3.63) is 41.9 Å². The summed E-state index contributed by atoms with van der Waals surface area (Å²) in [5, 5.41) is 6.76. The molecule has 2 N–H and O–H groups in total. The molecule has 0 saturated carbocycles. The van der Waals surface area contributed by atoms with E-state index >= 15 is 0 Å². The Balaban J connectivity index is 1.62. The van der Waals surface area contributed by atoms with Crippen LogP contribution in [0.5, 0.6) is 0 Å². The van der Waals surface area contributed by atoms with Crippen molar-refractivity contribution < 1.29 is 0 Å². The second-order valence-electron chi connectivity index (χ2n) is 6.55. The minimum atomic E-state index is 0.507. The number of rotatable bonds is 4. The van der Waals surface area contributed by atoms with Gasteiger partial charge < -0.3 is 15.5 Å². The van der Waals surface area contributed by atoms with Crippen molar-refractivity contribution >= 4 is 29.1 Å². The standard InChI is InChI=1S/C18H24N6S/c1-13-5-4-8-24(12-13)16-9-14(2)21-17(22-16)23-18(25)20-11-15-6-3-7-19-10-15/h3,6-7,9-10,13H,4-5,8,11-12H2,1-2H3,(H2,20,21,22,23,25)/t13-/m1/s1. The molecular weight excluding hydrogens is 332 g/mol. The molecular formula is C18H24N6S. The van der Waals surface area contributed by atoms with Gasteiger partial charge in [0.2, 0.25) is 5.95 Å². The topological polar surface area (TPSA) is 66.0 Å². The summed E-state index contributed by atoms with van der Waals surface area (Å²) in [6, 6.07) is 5.94. The first kappa shape index (κ1) is 17.5. The number of piperidine rings is 1. The fourth-order valence-electron chi connectivity index (χ4n) is 3.00. The Bertz CT molecular complexity index is 721. The highest BCUT2D eigenvalue weighted by Gasteiger charge is 2.18. The van der Waals surface area contributed by atoms with E-state index in [1.807, 2.05) is 31.3 Å². The lowest BCUT2D eigenvalue weighted by atomic mass is 10.0. The van der Waals surface area contributed by atoms with Gasteiger partial charge in [0.15, 0.2) is 5.11 Å². The van der Waals surface area contributed by atoms with E-state index in [0.717, 1.165) is 30.2 Å². The van der Waals surface area contributed by atoms with E-state index in [0.29, 0.717) is 23.5 Å². The molecule has 0 spiro atoms. The van der Waals surface area contributed by atoms with E-state index < -0.39 is 0 Å². The number of nitrogens with one attached hydrogen (secondary N) is 2. The number of thiocarbonyl (C=S) groups is 1. The highest BCUT2D eigenvalue weighted by Crippen LogP contribution is 2.22. The minimum absolute atomic E-state index is 0.507. The quantitative estimate of drug-likeness (QED) is 0.817. The van der Waals surface area contributed by atoms with Crippen LogP contribution in [0.4, 0.5) is 11.8 Å². The predicted molar refractivity (Wildman–Crippen MR) is 105 cm³/mol. The van der Waals surface area contributed by atoms with E-state index in [4.69, 9.17) is 12.2 Å². The van der Waals surface area contributed by atoms with Crippen LogP contribution in [-0.4, -0.2) is 33.2 Å². The molecule has 0 amide bonds. The summed E-state index contributed by atoms with van der Waals surface area (Å²) in [6.07, 6.45) is 6.06. The first-order valence-corrected chi connectivity index (χ1v) is 9.05. The van der Waals surface area contributed by atoms with Crippen LogP contribution in [0.1, 0.15) is 31.0 Å². The molecule has 1 atom stereocenters. The second-order valence-corrected chi connectivity index (χ2v) is 6.96. The molecule has 1 fully saturated rings. The van der Waals surface area contributed by atoms with E-state index in [2.05, 4.69) is 37.4 Å². The summed E-state index contributed by atoms with van der Waals surface area (Å²) in [5.41, 5.74) is 2.00. The van der Waals surface area contributed by atoms with Gasteiger partial charge in [-0.2, -0.15) is 4.98 Å². The van der Waals surface area contributed by atoms with Gasteiger partial charge in [-0.15, -0.1) is 0 Å². The fraction of sp³-hybridized carbons (Fsp3) is 0.444. The Labute approximate surface area is 154 Å². The molecule has 0 unspecified atom stereocenters. The van der Waals surface area contributed by atoms with Crippen molar-refractivity contribution in [2.24, 2.45) is 5.92 Å². The summed E-state index contributed by atoms with van der Waals surface area (Å²) in [5.74, 6) is 2.20. The molecule has 1 aliphatic heterocycles. The summed E-state index contributed by atoms with van der Waals surface area (Å²) in [7, 11) is 0. The highest BCUT2D eigenvalue weighted by molar-refractivity contribution is 7.80. The molecule has 2 aromatic rings. The van der Waals surface area contributed by atoms with Crippen LogP contribution in [0.2, 0.25) is 0 Å². The number of aromatic nitrogens is 3. The van der Waals surface area contributed by atoms with Crippen LogP contribution < -0.4 is 15.5 Å². The average molecular weight is 356 g/mol. The van der Waals surface area contributed by atoms with Crippen molar-refractivity contribution in [1.82, 2.24) is 20.3 Å². The van der Waals surface area contributed by atoms with Gasteiger partial charge >= 0.3 is 0 Å². The van der Waals surface area contributed by atoms with Crippen molar-refractivity contribution in [1.29, 1.82) is 0 Å². The van der Waals surface area contributed by atoms with Crippen LogP contribution in [0.15, 0.2) is 30.6 Å². The maximum Gasteiger partial charge on any atom is 0.231 e. The zero-order valence-electron chi connectivity index (χ0n) is 14.7. The number of hydrogen-bond donors (Lipinski definition) is 2. The third-order valence-corrected chi connectivity index (χ3v) is 4.47. The van der Waals surface area contributed by atoms with Crippen molar-refractivity contribution in [2.45, 2.75) is 33.2 Å². The van der Waals surface area contributed by atoms with Crippen molar-refractivity contribution in [2.75, 3.05) is 23.3 Å². The molecule has 25 heavy (non-hydrogen) atoms. The molecule has 3 rings (SSSR count). The Morgan fingerprint density at radius 2 is 2.28 bits per heavy atom. The SMILES string of the molecule is Cc1cc(N2CCC[C@@H](C)C2)nc(NC(=S)NCc2cccnc2)n1. The maximum absolute atomic E-state index is 5.36. The Morgan fingerprint density at radius 3 is 3.04 bits per heavy atom. The predicted octanol–water partition coefficient (Wildman–Crippen LogP) is 2.90. The summed E-state index contributed by atoms with van der Waals surface area (Å²) in [6.45, 7) is 6.97. The van der Waals surface area contributed by atoms with Crippen LogP contribution in [0, 0.1) is 12.8 Å². The zero-order chi connectivity index (χ0) is 17.6. The molecule has 1 aliphatic rings. The number of anilines is 2. The van der Waals surface area contributed by atoms with Gasteiger partial charge in [-0.05, 0) is 49.5 Å². The van der Waals surface area contributed by atoms with E-state index in [-0.39, 0.29) is 0 Å². The zero-order valence-corrected chi connectivity index (χ0v) is 15.5. The molecule has 0 aromatic carbocycles. The molecule has 0 bridgehead atoms. The molecule has 2 aromatic heterocycles. The van der Waals surface area contributed by atoms with Gasteiger partial charge in [-0.25, -0.2) is 4.98 Å². The fourth-order valence-corrected chi connectivity index (χ4v) is 3.16. The molecule has 7 heteroatoms. The van der Waals surface area contributed by atoms with Gasteiger partial charge in [0.1, 0.15) is 5.82 Å². The van der Waals surface area contributed by atoms with Crippen LogP contribution in [0.25, 0.3) is 0 Å². The molecule has 132 valence electrons. The Morgan fingerprint density at radius 1 is 1.40 bits per heavy atom. The second kappa shape index (κ2) is 8.20. The smallest absolute Gasteiger partial charge is 0.231 e. The number of hydrogen-bond acceptors (Lipinski definition) is 5. The Kier molecular flexibility index (Phi) is 5.75. The number of aryl methyl sites for hydroxylation is 1. The maximum atomic E-state index is 5.36. The average Bonchev–Trinajstić information content (AvgIpc) is 2.60. The summed E-state index contributed by atoms with van der Waals surface area (Å²) in [4.78, 5) is 15.5. The third-order valence-electron chi connectivity index (χ3n) is 4.22. The minimum Gasteiger partial charge on any atom is -0.358 e.